The minimum absolute atomic E-state index is 0.0787. The highest BCUT2D eigenvalue weighted by Crippen LogP contribution is 2.05. The maximum atomic E-state index is 12.6. The zero-order valence-corrected chi connectivity index (χ0v) is 15.5. The second-order valence-corrected chi connectivity index (χ2v) is 6.46. The molecule has 0 aliphatic rings. The van der Waals surface area contributed by atoms with Gasteiger partial charge >= 0.3 is 0 Å². The second kappa shape index (κ2) is 8.99. The molecule has 6 heteroatoms. The third kappa shape index (κ3) is 5.05. The predicted octanol–water partition coefficient (Wildman–Crippen LogP) is 1.64. The van der Waals surface area contributed by atoms with Crippen molar-refractivity contribution in [3.8, 4) is 0 Å². The highest BCUT2D eigenvalue weighted by atomic mass is 16.2. The molecule has 2 amide bonds. The highest BCUT2D eigenvalue weighted by molar-refractivity contribution is 5.93. The number of amides is 2. The fourth-order valence-corrected chi connectivity index (χ4v) is 2.58. The zero-order valence-electron chi connectivity index (χ0n) is 15.5. The van der Waals surface area contributed by atoms with Gasteiger partial charge in [0.15, 0.2) is 0 Å². The number of aryl methyl sites for hydroxylation is 1. The van der Waals surface area contributed by atoms with Gasteiger partial charge in [0.05, 0.1) is 0 Å². The minimum Gasteiger partial charge on any atom is -0.347 e. The Morgan fingerprint density at radius 2 is 1.69 bits per heavy atom. The summed E-state index contributed by atoms with van der Waals surface area (Å²) >= 11 is 0. The molecule has 0 aliphatic carbocycles. The molecule has 1 aromatic heterocycles. The van der Waals surface area contributed by atoms with Crippen molar-refractivity contribution in [3.63, 3.8) is 0 Å². The molecular weight excluding hydrogens is 330 g/mol. The molecule has 0 aliphatic heterocycles. The summed E-state index contributed by atoms with van der Waals surface area (Å²) in [5.74, 6) is -0.525. The fraction of sp³-hybridized carbons (Fsp3) is 0.350. The Kier molecular flexibility index (Phi) is 6.72. The largest absolute Gasteiger partial charge is 0.347 e. The molecule has 2 rings (SSSR count). The lowest BCUT2D eigenvalue weighted by atomic mass is 10.1. The van der Waals surface area contributed by atoms with E-state index in [1.807, 2.05) is 18.2 Å². The van der Waals surface area contributed by atoms with E-state index >= 15 is 0 Å². The SMILES string of the molecule is CN(C)C(=O)Cn1cccc(C(=O)N(C)CCCc2ccccc2)c1=O. The summed E-state index contributed by atoms with van der Waals surface area (Å²) in [7, 11) is 4.95. The third-order valence-corrected chi connectivity index (χ3v) is 4.20. The van der Waals surface area contributed by atoms with Crippen LogP contribution in [-0.2, 0) is 17.8 Å². The molecule has 1 aromatic carbocycles. The van der Waals surface area contributed by atoms with E-state index < -0.39 is 5.56 Å². The molecule has 0 radical (unpaired) electrons. The molecule has 6 nitrogen and oxygen atoms in total. The third-order valence-electron chi connectivity index (χ3n) is 4.20. The summed E-state index contributed by atoms with van der Waals surface area (Å²) in [5, 5.41) is 0. The van der Waals surface area contributed by atoms with Crippen molar-refractivity contribution >= 4 is 11.8 Å². The summed E-state index contributed by atoms with van der Waals surface area (Å²) in [6.45, 7) is 0.476. The van der Waals surface area contributed by atoms with Crippen LogP contribution in [0.3, 0.4) is 0 Å². The first-order chi connectivity index (χ1) is 12.4. The quantitative estimate of drug-likeness (QED) is 0.759. The van der Waals surface area contributed by atoms with Crippen molar-refractivity contribution < 1.29 is 9.59 Å². The van der Waals surface area contributed by atoms with Crippen LogP contribution in [0.2, 0.25) is 0 Å². The lowest BCUT2D eigenvalue weighted by molar-refractivity contribution is -0.129. The van der Waals surface area contributed by atoms with Gasteiger partial charge in [0, 0.05) is 33.9 Å². The van der Waals surface area contributed by atoms with Crippen LogP contribution in [0.15, 0.2) is 53.5 Å². The van der Waals surface area contributed by atoms with Crippen molar-refractivity contribution in [1.29, 1.82) is 0 Å². The van der Waals surface area contributed by atoms with Gasteiger partial charge in [-0.05, 0) is 30.5 Å². The lowest BCUT2D eigenvalue weighted by Gasteiger charge is -2.18. The number of benzene rings is 1. The Morgan fingerprint density at radius 3 is 2.35 bits per heavy atom. The summed E-state index contributed by atoms with van der Waals surface area (Å²) in [4.78, 5) is 39.9. The van der Waals surface area contributed by atoms with E-state index in [-0.39, 0.29) is 23.9 Å². The second-order valence-electron chi connectivity index (χ2n) is 6.46. The molecule has 0 bridgehead atoms. The molecule has 138 valence electrons. The molecule has 0 N–H and O–H groups in total. The van der Waals surface area contributed by atoms with Gasteiger partial charge in [-0.2, -0.15) is 0 Å². The van der Waals surface area contributed by atoms with Gasteiger partial charge in [-0.25, -0.2) is 0 Å². The van der Waals surface area contributed by atoms with Gasteiger partial charge in [-0.1, -0.05) is 30.3 Å². The summed E-state index contributed by atoms with van der Waals surface area (Å²) in [6, 6.07) is 13.2. The molecule has 0 saturated heterocycles. The number of likely N-dealkylation sites (N-methyl/N-ethyl adjacent to an activating group) is 1. The Morgan fingerprint density at radius 1 is 1.00 bits per heavy atom. The number of hydrogen-bond acceptors (Lipinski definition) is 3. The van der Waals surface area contributed by atoms with Crippen LogP contribution in [0.1, 0.15) is 22.3 Å². The summed E-state index contributed by atoms with van der Waals surface area (Å²) in [6.07, 6.45) is 3.21. The monoisotopic (exact) mass is 355 g/mol. The van der Waals surface area contributed by atoms with Crippen LogP contribution in [0.4, 0.5) is 0 Å². The average Bonchev–Trinajstić information content (AvgIpc) is 2.63. The number of pyridine rings is 1. The van der Waals surface area contributed by atoms with Crippen LogP contribution in [0, 0.1) is 0 Å². The first-order valence-electron chi connectivity index (χ1n) is 8.59. The average molecular weight is 355 g/mol. The fourth-order valence-electron chi connectivity index (χ4n) is 2.58. The highest BCUT2D eigenvalue weighted by Gasteiger charge is 2.17. The van der Waals surface area contributed by atoms with E-state index in [1.54, 1.807) is 32.1 Å². The van der Waals surface area contributed by atoms with E-state index in [1.165, 1.54) is 27.3 Å². The maximum absolute atomic E-state index is 12.6. The lowest BCUT2D eigenvalue weighted by Crippen LogP contribution is -2.37. The predicted molar refractivity (Wildman–Crippen MR) is 101 cm³/mol. The maximum Gasteiger partial charge on any atom is 0.263 e. The van der Waals surface area contributed by atoms with Crippen LogP contribution in [0.25, 0.3) is 0 Å². The van der Waals surface area contributed by atoms with Crippen LogP contribution in [0.5, 0.6) is 0 Å². The van der Waals surface area contributed by atoms with E-state index in [4.69, 9.17) is 0 Å². The van der Waals surface area contributed by atoms with E-state index in [0.29, 0.717) is 6.54 Å². The summed E-state index contributed by atoms with van der Waals surface area (Å²) in [5.41, 5.74) is 0.862. The zero-order chi connectivity index (χ0) is 19.1. The minimum atomic E-state index is -0.442. The normalized spacial score (nSPS) is 10.4. The molecule has 26 heavy (non-hydrogen) atoms. The molecule has 1 heterocycles. The number of nitrogens with zero attached hydrogens (tertiary/aromatic N) is 3. The van der Waals surface area contributed by atoms with Crippen molar-refractivity contribution in [3.05, 3.63) is 70.1 Å². The Balaban J connectivity index is 2.01. The molecular formula is C20H25N3O3. The van der Waals surface area contributed by atoms with Crippen molar-refractivity contribution in [2.45, 2.75) is 19.4 Å². The Bertz CT molecular complexity index is 813. The molecule has 0 saturated carbocycles. The molecule has 0 spiro atoms. The molecule has 0 atom stereocenters. The van der Waals surface area contributed by atoms with E-state index in [9.17, 15) is 14.4 Å². The first-order valence-corrected chi connectivity index (χ1v) is 8.59. The number of rotatable bonds is 7. The van der Waals surface area contributed by atoms with Crippen LogP contribution in [-0.4, -0.2) is 53.9 Å². The van der Waals surface area contributed by atoms with Gasteiger partial charge < -0.3 is 14.4 Å². The number of carbonyl (C=O) groups excluding carboxylic acids is 2. The molecule has 2 aromatic rings. The van der Waals surface area contributed by atoms with Gasteiger partial charge in [-0.15, -0.1) is 0 Å². The van der Waals surface area contributed by atoms with Gasteiger partial charge in [0.2, 0.25) is 5.91 Å². The first kappa shape index (κ1) is 19.4. The van der Waals surface area contributed by atoms with Crippen molar-refractivity contribution in [1.82, 2.24) is 14.4 Å². The van der Waals surface area contributed by atoms with Crippen molar-refractivity contribution in [2.24, 2.45) is 0 Å². The number of carbonyl (C=O) groups is 2. The molecule has 0 fully saturated rings. The smallest absolute Gasteiger partial charge is 0.263 e. The van der Waals surface area contributed by atoms with E-state index in [2.05, 4.69) is 12.1 Å². The Hall–Kier alpha value is -2.89. The van der Waals surface area contributed by atoms with Gasteiger partial charge in [-0.3, -0.25) is 14.4 Å². The summed E-state index contributed by atoms with van der Waals surface area (Å²) < 4.78 is 1.27. The Labute approximate surface area is 153 Å². The van der Waals surface area contributed by atoms with Gasteiger partial charge in [0.1, 0.15) is 12.1 Å². The van der Waals surface area contributed by atoms with Crippen molar-refractivity contribution in [2.75, 3.05) is 27.7 Å². The van der Waals surface area contributed by atoms with Crippen LogP contribution >= 0.6 is 0 Å². The number of aromatic nitrogens is 1. The van der Waals surface area contributed by atoms with E-state index in [0.717, 1.165) is 12.8 Å². The number of hydrogen-bond donors (Lipinski definition) is 0. The van der Waals surface area contributed by atoms with Crippen LogP contribution < -0.4 is 5.56 Å². The topological polar surface area (TPSA) is 62.6 Å². The van der Waals surface area contributed by atoms with Gasteiger partial charge in [0.25, 0.3) is 11.5 Å². The standard InChI is InChI=1S/C20H25N3O3/c1-21(2)18(24)15-23-14-8-12-17(20(23)26)19(25)22(3)13-7-11-16-9-5-4-6-10-16/h4-6,8-10,12,14H,7,11,13,15H2,1-3H3. The molecule has 0 unspecified atom stereocenters.